The Morgan fingerprint density at radius 1 is 1.42 bits per heavy atom. The lowest BCUT2D eigenvalue weighted by atomic mass is 9.96. The predicted molar refractivity (Wildman–Crippen MR) is 77.2 cm³/mol. The second-order valence-electron chi connectivity index (χ2n) is 5.17. The third-order valence-electron chi connectivity index (χ3n) is 3.69. The van der Waals surface area contributed by atoms with Crippen molar-refractivity contribution >= 4 is 11.3 Å². The number of hydrogen-bond donors (Lipinski definition) is 2. The Morgan fingerprint density at radius 2 is 2.26 bits per heavy atom. The summed E-state index contributed by atoms with van der Waals surface area (Å²) in [7, 11) is 0. The van der Waals surface area contributed by atoms with Crippen molar-refractivity contribution in [1.82, 2.24) is 10.3 Å². The van der Waals surface area contributed by atoms with Crippen LogP contribution in [0.2, 0.25) is 0 Å². The predicted octanol–water partition coefficient (Wildman–Crippen LogP) is 2.38. The first-order valence-corrected chi connectivity index (χ1v) is 7.48. The zero-order valence-electron chi connectivity index (χ0n) is 11.0. The van der Waals surface area contributed by atoms with E-state index in [0.29, 0.717) is 6.54 Å². The molecule has 3 nitrogen and oxygen atoms in total. The van der Waals surface area contributed by atoms with Crippen LogP contribution < -0.4 is 5.32 Å². The standard InChI is InChI=1S/C15H18N2OS/c1-11-9-19-14(17-11)8-16-10-15(18)7-6-12-4-2-3-5-13(12)15/h2-5,9,16,18H,6-8,10H2,1H3. The Morgan fingerprint density at radius 3 is 3.05 bits per heavy atom. The molecule has 3 rings (SSSR count). The Hall–Kier alpha value is -1.23. The third kappa shape index (κ3) is 2.56. The molecule has 1 atom stereocenters. The van der Waals surface area contributed by atoms with Crippen molar-refractivity contribution in [1.29, 1.82) is 0 Å². The molecule has 1 aliphatic carbocycles. The van der Waals surface area contributed by atoms with Crippen molar-refractivity contribution in [3.05, 3.63) is 51.5 Å². The Bertz CT molecular complexity index is 581. The first-order valence-electron chi connectivity index (χ1n) is 6.60. The summed E-state index contributed by atoms with van der Waals surface area (Å²) in [4.78, 5) is 4.42. The van der Waals surface area contributed by atoms with E-state index in [1.54, 1.807) is 11.3 Å². The van der Waals surface area contributed by atoms with E-state index in [2.05, 4.69) is 21.7 Å². The zero-order chi connectivity index (χ0) is 13.3. The van der Waals surface area contributed by atoms with E-state index < -0.39 is 5.60 Å². The summed E-state index contributed by atoms with van der Waals surface area (Å²) in [5.41, 5.74) is 2.70. The highest BCUT2D eigenvalue weighted by Crippen LogP contribution is 2.36. The van der Waals surface area contributed by atoms with Crippen LogP contribution in [0.4, 0.5) is 0 Å². The van der Waals surface area contributed by atoms with Crippen LogP contribution in [-0.4, -0.2) is 16.6 Å². The maximum atomic E-state index is 10.7. The largest absolute Gasteiger partial charge is 0.384 e. The van der Waals surface area contributed by atoms with E-state index in [1.807, 2.05) is 25.1 Å². The van der Waals surface area contributed by atoms with Gasteiger partial charge >= 0.3 is 0 Å². The number of nitrogens with one attached hydrogen (secondary N) is 1. The molecule has 0 fully saturated rings. The second kappa shape index (κ2) is 5.04. The number of fused-ring (bicyclic) bond motifs is 1. The molecule has 19 heavy (non-hydrogen) atoms. The van der Waals surface area contributed by atoms with Gasteiger partial charge in [0.15, 0.2) is 0 Å². The summed E-state index contributed by atoms with van der Waals surface area (Å²) in [6.07, 6.45) is 1.76. The number of thiazole rings is 1. The molecule has 100 valence electrons. The van der Waals surface area contributed by atoms with E-state index in [1.165, 1.54) is 5.56 Å². The molecule has 0 spiro atoms. The van der Waals surface area contributed by atoms with Gasteiger partial charge in [-0.1, -0.05) is 24.3 Å². The Kier molecular flexibility index (Phi) is 3.39. The van der Waals surface area contributed by atoms with Gasteiger partial charge in [0.2, 0.25) is 0 Å². The molecule has 0 aliphatic heterocycles. The summed E-state index contributed by atoms with van der Waals surface area (Å²) < 4.78 is 0. The quantitative estimate of drug-likeness (QED) is 0.899. The number of aliphatic hydroxyl groups is 1. The van der Waals surface area contributed by atoms with Crippen molar-refractivity contribution in [2.45, 2.75) is 31.9 Å². The fourth-order valence-electron chi connectivity index (χ4n) is 2.71. The highest BCUT2D eigenvalue weighted by molar-refractivity contribution is 7.09. The molecule has 1 aromatic carbocycles. The lowest BCUT2D eigenvalue weighted by Gasteiger charge is -2.24. The summed E-state index contributed by atoms with van der Waals surface area (Å²) in [5.74, 6) is 0. The Labute approximate surface area is 117 Å². The average molecular weight is 274 g/mol. The van der Waals surface area contributed by atoms with Crippen molar-refractivity contribution in [2.24, 2.45) is 0 Å². The van der Waals surface area contributed by atoms with Gasteiger partial charge in [-0.05, 0) is 30.9 Å². The van der Waals surface area contributed by atoms with Crippen molar-refractivity contribution < 1.29 is 5.11 Å². The van der Waals surface area contributed by atoms with Gasteiger partial charge in [0.05, 0.1) is 0 Å². The maximum Gasteiger partial charge on any atom is 0.107 e. The highest BCUT2D eigenvalue weighted by Gasteiger charge is 2.35. The van der Waals surface area contributed by atoms with Gasteiger partial charge in [-0.3, -0.25) is 0 Å². The molecule has 0 radical (unpaired) electrons. The number of benzene rings is 1. The minimum absolute atomic E-state index is 0.586. The molecule has 0 saturated carbocycles. The van der Waals surface area contributed by atoms with Gasteiger partial charge < -0.3 is 10.4 Å². The third-order valence-corrected chi connectivity index (χ3v) is 4.65. The molecule has 0 saturated heterocycles. The lowest BCUT2D eigenvalue weighted by molar-refractivity contribution is 0.0384. The summed E-state index contributed by atoms with van der Waals surface area (Å²) in [6, 6.07) is 8.19. The minimum Gasteiger partial charge on any atom is -0.384 e. The van der Waals surface area contributed by atoms with E-state index in [4.69, 9.17) is 0 Å². The van der Waals surface area contributed by atoms with Crippen LogP contribution in [0.25, 0.3) is 0 Å². The van der Waals surface area contributed by atoms with Gasteiger partial charge in [-0.25, -0.2) is 4.98 Å². The number of hydrogen-bond acceptors (Lipinski definition) is 4. The first-order chi connectivity index (χ1) is 9.17. The Balaban J connectivity index is 1.64. The normalized spacial score (nSPS) is 21.6. The SMILES string of the molecule is Cc1csc(CNCC2(O)CCc3ccccc32)n1. The van der Waals surface area contributed by atoms with Gasteiger partial charge in [0, 0.05) is 24.2 Å². The fraction of sp³-hybridized carbons (Fsp3) is 0.400. The van der Waals surface area contributed by atoms with Crippen LogP contribution in [0.1, 0.15) is 28.2 Å². The lowest BCUT2D eigenvalue weighted by Crippen LogP contribution is -2.35. The molecule has 1 unspecified atom stereocenters. The molecular formula is C15H18N2OS. The molecule has 0 amide bonds. The topological polar surface area (TPSA) is 45.1 Å². The van der Waals surface area contributed by atoms with Crippen LogP contribution in [-0.2, 0) is 18.6 Å². The van der Waals surface area contributed by atoms with Crippen LogP contribution in [0.5, 0.6) is 0 Å². The van der Waals surface area contributed by atoms with Crippen LogP contribution in [0.15, 0.2) is 29.6 Å². The smallest absolute Gasteiger partial charge is 0.107 e. The van der Waals surface area contributed by atoms with E-state index in [9.17, 15) is 5.11 Å². The zero-order valence-corrected chi connectivity index (χ0v) is 11.8. The number of aryl methyl sites for hydroxylation is 2. The van der Waals surface area contributed by atoms with Crippen molar-refractivity contribution in [3.63, 3.8) is 0 Å². The van der Waals surface area contributed by atoms with Gasteiger partial charge in [0.1, 0.15) is 10.6 Å². The van der Waals surface area contributed by atoms with Crippen LogP contribution in [0, 0.1) is 6.92 Å². The number of aromatic nitrogens is 1. The van der Waals surface area contributed by atoms with Gasteiger partial charge in [-0.15, -0.1) is 11.3 Å². The maximum absolute atomic E-state index is 10.7. The molecule has 0 bridgehead atoms. The monoisotopic (exact) mass is 274 g/mol. The fourth-order valence-corrected chi connectivity index (χ4v) is 3.45. The molecule has 1 aromatic heterocycles. The molecular weight excluding hydrogens is 256 g/mol. The number of nitrogens with zero attached hydrogens (tertiary/aromatic N) is 1. The summed E-state index contributed by atoms with van der Waals surface area (Å²) in [6.45, 7) is 3.31. The number of rotatable bonds is 4. The summed E-state index contributed by atoms with van der Waals surface area (Å²) in [5, 5.41) is 17.2. The van der Waals surface area contributed by atoms with E-state index in [-0.39, 0.29) is 0 Å². The van der Waals surface area contributed by atoms with Gasteiger partial charge in [0.25, 0.3) is 0 Å². The van der Waals surface area contributed by atoms with Gasteiger partial charge in [-0.2, -0.15) is 0 Å². The van der Waals surface area contributed by atoms with Crippen LogP contribution >= 0.6 is 11.3 Å². The minimum atomic E-state index is -0.719. The molecule has 1 aliphatic rings. The average Bonchev–Trinajstić information content (AvgIpc) is 2.96. The van der Waals surface area contributed by atoms with Crippen LogP contribution in [0.3, 0.4) is 0 Å². The van der Waals surface area contributed by atoms with E-state index in [0.717, 1.165) is 35.7 Å². The summed E-state index contributed by atoms with van der Waals surface area (Å²) >= 11 is 1.66. The highest BCUT2D eigenvalue weighted by atomic mass is 32.1. The van der Waals surface area contributed by atoms with Crippen molar-refractivity contribution in [2.75, 3.05) is 6.54 Å². The molecule has 4 heteroatoms. The first kappa shape index (κ1) is 12.8. The molecule has 2 aromatic rings. The molecule has 2 N–H and O–H groups in total. The molecule has 1 heterocycles. The van der Waals surface area contributed by atoms with Crippen molar-refractivity contribution in [3.8, 4) is 0 Å². The second-order valence-corrected chi connectivity index (χ2v) is 6.12. The van der Waals surface area contributed by atoms with E-state index >= 15 is 0 Å².